The number of benzene rings is 1. The van der Waals surface area contributed by atoms with E-state index < -0.39 is 0 Å². The number of carbonyl (C=O) groups excluding carboxylic acids is 1. The van der Waals surface area contributed by atoms with Crippen LogP contribution < -0.4 is 0 Å². The molecule has 5 heteroatoms. The van der Waals surface area contributed by atoms with Crippen molar-refractivity contribution in [3.8, 4) is 0 Å². The number of hydrogen-bond donors (Lipinski definition) is 0. The third-order valence-electron chi connectivity index (χ3n) is 5.24. The first-order valence-electron chi connectivity index (χ1n) is 8.09. The van der Waals surface area contributed by atoms with Crippen LogP contribution >= 0.6 is 0 Å². The summed E-state index contributed by atoms with van der Waals surface area (Å²) in [6.07, 6.45) is 3.98. The summed E-state index contributed by atoms with van der Waals surface area (Å²) in [5, 5.41) is 4.03. The Morgan fingerprint density at radius 2 is 2.00 bits per heavy atom. The Labute approximate surface area is 130 Å². The van der Waals surface area contributed by atoms with Crippen molar-refractivity contribution in [3.05, 3.63) is 46.3 Å². The lowest BCUT2D eigenvalue weighted by atomic mass is 9.75. The molecule has 2 aliphatic rings. The summed E-state index contributed by atoms with van der Waals surface area (Å²) in [5.74, 6) is 0.819. The second kappa shape index (κ2) is 6.41. The fraction of sp³-hybridized carbons (Fsp3) is 0.588. The zero-order valence-electron chi connectivity index (χ0n) is 12.9. The summed E-state index contributed by atoms with van der Waals surface area (Å²) in [6, 6.07) is 10.2. The molecule has 1 saturated carbocycles. The van der Waals surface area contributed by atoms with Gasteiger partial charge in [-0.3, -0.25) is 4.79 Å². The van der Waals surface area contributed by atoms with Gasteiger partial charge in [0.15, 0.2) is 0 Å². The van der Waals surface area contributed by atoms with Gasteiger partial charge in [-0.15, -0.1) is 0 Å². The molecule has 116 valence electrons. The van der Waals surface area contributed by atoms with E-state index >= 15 is 0 Å². The molecule has 1 aromatic carbocycles. The van der Waals surface area contributed by atoms with E-state index in [0.717, 1.165) is 18.4 Å². The van der Waals surface area contributed by atoms with Gasteiger partial charge in [-0.25, -0.2) is 0 Å². The standard InChI is InChI=1S/C17H22N4O/c1-12(13-6-3-2-4-7-13)21-11-15(10-16(21)22)17(19-20-18)14-8-5-9-14/h2-4,6-7,12,14-15,17H,5,8-11H2,1H3/t12-,15-,17?/m1/s1. The van der Waals surface area contributed by atoms with Crippen molar-refractivity contribution in [1.29, 1.82) is 0 Å². The SMILES string of the molecule is C[C@H](c1ccccc1)N1C[C@H](C(N=[N+]=[N-])C2CCC2)CC1=O. The van der Waals surface area contributed by atoms with E-state index in [4.69, 9.17) is 5.53 Å². The average Bonchev–Trinajstić information content (AvgIpc) is 2.87. The van der Waals surface area contributed by atoms with Crippen LogP contribution in [0.2, 0.25) is 0 Å². The largest absolute Gasteiger partial charge is 0.336 e. The Kier molecular flexibility index (Phi) is 4.34. The van der Waals surface area contributed by atoms with Crippen LogP contribution in [0.5, 0.6) is 0 Å². The summed E-state index contributed by atoms with van der Waals surface area (Å²) in [7, 11) is 0. The molecule has 1 saturated heterocycles. The fourth-order valence-corrected chi connectivity index (χ4v) is 3.69. The van der Waals surface area contributed by atoms with Gasteiger partial charge in [0, 0.05) is 23.9 Å². The summed E-state index contributed by atoms with van der Waals surface area (Å²) in [4.78, 5) is 17.4. The van der Waals surface area contributed by atoms with E-state index in [1.54, 1.807) is 0 Å². The highest BCUT2D eigenvalue weighted by Crippen LogP contribution is 2.39. The van der Waals surface area contributed by atoms with E-state index in [0.29, 0.717) is 18.9 Å². The lowest BCUT2D eigenvalue weighted by Crippen LogP contribution is -2.34. The Bertz CT molecular complexity index is 578. The van der Waals surface area contributed by atoms with E-state index in [2.05, 4.69) is 29.1 Å². The van der Waals surface area contributed by atoms with Gasteiger partial charge in [-0.05, 0) is 29.9 Å². The van der Waals surface area contributed by atoms with Crippen LogP contribution in [0.1, 0.15) is 44.2 Å². The van der Waals surface area contributed by atoms with Crippen molar-refractivity contribution < 1.29 is 4.79 Å². The van der Waals surface area contributed by atoms with Gasteiger partial charge in [0.25, 0.3) is 0 Å². The third-order valence-corrected chi connectivity index (χ3v) is 5.24. The van der Waals surface area contributed by atoms with Gasteiger partial charge in [0.05, 0.1) is 6.04 Å². The van der Waals surface area contributed by atoms with E-state index in [1.165, 1.54) is 6.42 Å². The van der Waals surface area contributed by atoms with Crippen molar-refractivity contribution in [3.63, 3.8) is 0 Å². The number of rotatable bonds is 5. The quantitative estimate of drug-likeness (QED) is 0.459. The average molecular weight is 298 g/mol. The van der Waals surface area contributed by atoms with Gasteiger partial charge < -0.3 is 4.90 Å². The molecule has 1 aliphatic heterocycles. The minimum atomic E-state index is -0.0179. The number of nitrogens with zero attached hydrogens (tertiary/aromatic N) is 4. The van der Waals surface area contributed by atoms with Crippen LogP contribution in [-0.4, -0.2) is 23.4 Å². The monoisotopic (exact) mass is 298 g/mol. The minimum absolute atomic E-state index is 0.0179. The number of likely N-dealkylation sites (tertiary alicyclic amines) is 1. The highest BCUT2D eigenvalue weighted by molar-refractivity contribution is 5.79. The molecule has 1 heterocycles. The van der Waals surface area contributed by atoms with Crippen LogP contribution in [-0.2, 0) is 4.79 Å². The highest BCUT2D eigenvalue weighted by atomic mass is 16.2. The third kappa shape index (κ3) is 2.81. The minimum Gasteiger partial charge on any atom is -0.336 e. The number of carbonyl (C=O) groups is 1. The molecule has 0 bridgehead atoms. The molecular formula is C17H22N4O. The maximum Gasteiger partial charge on any atom is 0.223 e. The lowest BCUT2D eigenvalue weighted by molar-refractivity contribution is -0.129. The highest BCUT2D eigenvalue weighted by Gasteiger charge is 2.41. The predicted molar refractivity (Wildman–Crippen MR) is 85.0 cm³/mol. The molecule has 2 fully saturated rings. The molecule has 3 rings (SSSR count). The molecule has 1 aliphatic carbocycles. The van der Waals surface area contributed by atoms with Gasteiger partial charge in [-0.1, -0.05) is 54.7 Å². The molecule has 0 spiro atoms. The Morgan fingerprint density at radius 1 is 1.27 bits per heavy atom. The molecular weight excluding hydrogens is 276 g/mol. The summed E-state index contributed by atoms with van der Waals surface area (Å²) in [6.45, 7) is 2.77. The summed E-state index contributed by atoms with van der Waals surface area (Å²) >= 11 is 0. The Hall–Kier alpha value is -2.00. The number of amides is 1. The van der Waals surface area contributed by atoms with Crippen LogP contribution in [0, 0.1) is 11.8 Å². The zero-order valence-corrected chi connectivity index (χ0v) is 12.9. The first-order chi connectivity index (χ1) is 10.7. The topological polar surface area (TPSA) is 69.1 Å². The van der Waals surface area contributed by atoms with E-state index in [-0.39, 0.29) is 23.9 Å². The van der Waals surface area contributed by atoms with Crippen molar-refractivity contribution >= 4 is 5.91 Å². The predicted octanol–water partition coefficient (Wildman–Crippen LogP) is 4.08. The second-order valence-electron chi connectivity index (χ2n) is 6.48. The molecule has 1 aromatic rings. The molecule has 1 amide bonds. The van der Waals surface area contributed by atoms with Gasteiger partial charge in [-0.2, -0.15) is 0 Å². The fourth-order valence-electron chi connectivity index (χ4n) is 3.69. The van der Waals surface area contributed by atoms with Crippen LogP contribution in [0.25, 0.3) is 10.4 Å². The van der Waals surface area contributed by atoms with Crippen molar-refractivity contribution in [2.75, 3.05) is 6.54 Å². The Morgan fingerprint density at radius 3 is 2.59 bits per heavy atom. The molecule has 22 heavy (non-hydrogen) atoms. The van der Waals surface area contributed by atoms with E-state index in [1.807, 2.05) is 23.1 Å². The van der Waals surface area contributed by atoms with Crippen LogP contribution in [0.15, 0.2) is 35.4 Å². The van der Waals surface area contributed by atoms with Crippen LogP contribution in [0.3, 0.4) is 0 Å². The molecule has 0 N–H and O–H groups in total. The number of azide groups is 1. The van der Waals surface area contributed by atoms with Crippen molar-refractivity contribution in [2.45, 2.75) is 44.7 Å². The van der Waals surface area contributed by atoms with Crippen molar-refractivity contribution in [2.24, 2.45) is 17.0 Å². The second-order valence-corrected chi connectivity index (χ2v) is 6.48. The van der Waals surface area contributed by atoms with Gasteiger partial charge >= 0.3 is 0 Å². The summed E-state index contributed by atoms with van der Waals surface area (Å²) in [5.41, 5.74) is 10.00. The first kappa shape index (κ1) is 14.9. The molecule has 1 unspecified atom stereocenters. The molecule has 0 radical (unpaired) electrons. The number of hydrogen-bond acceptors (Lipinski definition) is 2. The smallest absolute Gasteiger partial charge is 0.223 e. The maximum atomic E-state index is 12.4. The van der Waals surface area contributed by atoms with Crippen molar-refractivity contribution in [1.82, 2.24) is 4.90 Å². The van der Waals surface area contributed by atoms with Gasteiger partial charge in [0.1, 0.15) is 0 Å². The molecule has 3 atom stereocenters. The normalized spacial score (nSPS) is 24.5. The maximum absolute atomic E-state index is 12.4. The zero-order chi connectivity index (χ0) is 15.5. The van der Waals surface area contributed by atoms with Gasteiger partial charge in [0.2, 0.25) is 5.91 Å². The Balaban J connectivity index is 1.73. The summed E-state index contributed by atoms with van der Waals surface area (Å²) < 4.78 is 0. The first-order valence-corrected chi connectivity index (χ1v) is 8.09. The lowest BCUT2D eigenvalue weighted by Gasteiger charge is -2.34. The molecule has 5 nitrogen and oxygen atoms in total. The van der Waals surface area contributed by atoms with E-state index in [9.17, 15) is 4.79 Å². The molecule has 0 aromatic heterocycles. The van der Waals surface area contributed by atoms with Crippen LogP contribution in [0.4, 0.5) is 0 Å².